The molecule has 0 aromatic heterocycles. The second-order valence-electron chi connectivity index (χ2n) is 3.58. The third-order valence-corrected chi connectivity index (χ3v) is 2.62. The Morgan fingerprint density at radius 2 is 2.12 bits per heavy atom. The highest BCUT2D eigenvalue weighted by atomic mass is 35.5. The van der Waals surface area contributed by atoms with Gasteiger partial charge in [0.15, 0.2) is 0 Å². The van der Waals surface area contributed by atoms with Crippen LogP contribution in [0.2, 0.25) is 5.02 Å². The van der Waals surface area contributed by atoms with Crippen LogP contribution in [0.1, 0.15) is 12.0 Å². The van der Waals surface area contributed by atoms with Crippen molar-refractivity contribution in [3.8, 4) is 0 Å². The van der Waals surface area contributed by atoms with Crippen molar-refractivity contribution >= 4 is 23.2 Å². The lowest BCUT2D eigenvalue weighted by Gasteiger charge is -2.06. The van der Waals surface area contributed by atoms with Gasteiger partial charge in [-0.05, 0) is 30.7 Å². The highest BCUT2D eigenvalue weighted by molar-refractivity contribution is 6.30. The molecule has 2 nitrogen and oxygen atoms in total. The summed E-state index contributed by atoms with van der Waals surface area (Å²) in [4.78, 5) is 0. The molecule has 0 spiro atoms. The maximum absolute atomic E-state index is 12.9. The van der Waals surface area contributed by atoms with Crippen molar-refractivity contribution in [2.24, 2.45) is 0 Å². The Morgan fingerprint density at radius 1 is 1.29 bits per heavy atom. The van der Waals surface area contributed by atoms with Crippen LogP contribution < -0.4 is 5.32 Å². The number of halogens is 3. The van der Waals surface area contributed by atoms with E-state index in [4.69, 9.17) is 27.9 Å². The van der Waals surface area contributed by atoms with E-state index in [0.717, 1.165) is 18.5 Å². The van der Waals surface area contributed by atoms with Crippen LogP contribution >= 0.6 is 23.2 Å². The molecule has 0 saturated carbocycles. The summed E-state index contributed by atoms with van der Waals surface area (Å²) in [6.07, 6.45) is 0.922. The van der Waals surface area contributed by atoms with E-state index in [9.17, 15) is 4.39 Å². The zero-order chi connectivity index (χ0) is 12.5. The highest BCUT2D eigenvalue weighted by Crippen LogP contribution is 2.15. The number of hydrogen-bond donors (Lipinski definition) is 1. The average molecular weight is 280 g/mol. The minimum absolute atomic E-state index is 0.162. The third-order valence-electron chi connectivity index (χ3n) is 2.18. The zero-order valence-corrected chi connectivity index (χ0v) is 11.0. The smallest absolute Gasteiger partial charge is 0.141 e. The molecular weight excluding hydrogens is 264 g/mol. The SMILES string of the molecule is Fc1ccc(CNCCCOCCCl)cc1Cl. The first kappa shape index (κ1) is 14.7. The largest absolute Gasteiger partial charge is 0.380 e. The second kappa shape index (κ2) is 8.70. The van der Waals surface area contributed by atoms with E-state index in [1.807, 2.05) is 0 Å². The van der Waals surface area contributed by atoms with Gasteiger partial charge in [0.1, 0.15) is 5.82 Å². The molecule has 0 saturated heterocycles. The van der Waals surface area contributed by atoms with Crippen LogP contribution in [0.3, 0.4) is 0 Å². The molecule has 1 aromatic carbocycles. The van der Waals surface area contributed by atoms with Gasteiger partial charge in [-0.2, -0.15) is 0 Å². The van der Waals surface area contributed by atoms with Gasteiger partial charge in [-0.1, -0.05) is 17.7 Å². The molecule has 1 aromatic rings. The predicted octanol–water partition coefficient (Wildman–Crippen LogP) is 3.21. The van der Waals surface area contributed by atoms with Gasteiger partial charge in [-0.15, -0.1) is 11.6 Å². The maximum atomic E-state index is 12.9. The molecule has 0 atom stereocenters. The Morgan fingerprint density at radius 3 is 2.82 bits per heavy atom. The van der Waals surface area contributed by atoms with Crippen molar-refractivity contribution in [2.75, 3.05) is 25.6 Å². The van der Waals surface area contributed by atoms with E-state index in [1.54, 1.807) is 12.1 Å². The topological polar surface area (TPSA) is 21.3 Å². The average Bonchev–Trinajstić information content (AvgIpc) is 2.32. The summed E-state index contributed by atoms with van der Waals surface area (Å²) < 4.78 is 18.1. The second-order valence-corrected chi connectivity index (χ2v) is 4.37. The van der Waals surface area contributed by atoms with Crippen LogP contribution in [0.15, 0.2) is 18.2 Å². The van der Waals surface area contributed by atoms with Crippen molar-refractivity contribution in [3.05, 3.63) is 34.6 Å². The molecule has 96 valence electrons. The summed E-state index contributed by atoms with van der Waals surface area (Å²) in [6.45, 7) is 2.81. The lowest BCUT2D eigenvalue weighted by Crippen LogP contribution is -2.16. The van der Waals surface area contributed by atoms with E-state index in [0.29, 0.717) is 25.6 Å². The Hall–Kier alpha value is -0.350. The number of nitrogens with one attached hydrogen (secondary N) is 1. The fraction of sp³-hybridized carbons (Fsp3) is 0.500. The van der Waals surface area contributed by atoms with Gasteiger partial charge in [0, 0.05) is 19.0 Å². The fourth-order valence-electron chi connectivity index (χ4n) is 1.34. The molecule has 0 aliphatic carbocycles. The van der Waals surface area contributed by atoms with E-state index >= 15 is 0 Å². The van der Waals surface area contributed by atoms with Gasteiger partial charge in [-0.3, -0.25) is 0 Å². The summed E-state index contributed by atoms with van der Waals surface area (Å²) in [6, 6.07) is 4.73. The first-order chi connectivity index (χ1) is 8.24. The molecule has 0 radical (unpaired) electrons. The van der Waals surface area contributed by atoms with Gasteiger partial charge in [-0.25, -0.2) is 4.39 Å². The van der Waals surface area contributed by atoms with E-state index in [2.05, 4.69) is 5.32 Å². The summed E-state index contributed by atoms with van der Waals surface area (Å²) in [5.41, 5.74) is 0.970. The molecule has 1 rings (SSSR count). The molecule has 0 fully saturated rings. The number of hydrogen-bond acceptors (Lipinski definition) is 2. The fourth-order valence-corrected chi connectivity index (χ4v) is 1.65. The number of benzene rings is 1. The zero-order valence-electron chi connectivity index (χ0n) is 9.52. The molecule has 0 amide bonds. The molecule has 5 heteroatoms. The van der Waals surface area contributed by atoms with Crippen LogP contribution in [-0.2, 0) is 11.3 Å². The van der Waals surface area contributed by atoms with Gasteiger partial charge < -0.3 is 10.1 Å². The van der Waals surface area contributed by atoms with Crippen molar-refractivity contribution < 1.29 is 9.13 Å². The van der Waals surface area contributed by atoms with Gasteiger partial charge in [0.05, 0.1) is 11.6 Å². The summed E-state index contributed by atoms with van der Waals surface area (Å²) in [7, 11) is 0. The van der Waals surface area contributed by atoms with E-state index in [-0.39, 0.29) is 10.8 Å². The first-order valence-electron chi connectivity index (χ1n) is 5.52. The molecule has 0 bridgehead atoms. The molecule has 1 N–H and O–H groups in total. The summed E-state index contributed by atoms with van der Waals surface area (Å²) >= 11 is 11.1. The van der Waals surface area contributed by atoms with Gasteiger partial charge in [0.25, 0.3) is 0 Å². The number of ether oxygens (including phenoxy) is 1. The Labute approximate surface area is 111 Å². The molecular formula is C12H16Cl2FNO. The summed E-state index contributed by atoms with van der Waals surface area (Å²) in [5.74, 6) is 0.145. The van der Waals surface area contributed by atoms with Crippen LogP contribution in [0.25, 0.3) is 0 Å². The lowest BCUT2D eigenvalue weighted by atomic mass is 10.2. The van der Waals surface area contributed by atoms with Gasteiger partial charge in [0.2, 0.25) is 0 Å². The standard InChI is InChI=1S/C12H16Cl2FNO/c13-4-7-17-6-1-5-16-9-10-2-3-12(15)11(14)8-10/h2-3,8,16H,1,4-7,9H2. The Kier molecular flexibility index (Phi) is 7.53. The molecule has 0 unspecified atom stereocenters. The molecule has 0 heterocycles. The Bertz CT molecular complexity index is 336. The highest BCUT2D eigenvalue weighted by Gasteiger charge is 2.00. The first-order valence-corrected chi connectivity index (χ1v) is 6.43. The monoisotopic (exact) mass is 279 g/mol. The van der Waals surface area contributed by atoms with Crippen LogP contribution in [0.5, 0.6) is 0 Å². The molecule has 17 heavy (non-hydrogen) atoms. The minimum Gasteiger partial charge on any atom is -0.380 e. The van der Waals surface area contributed by atoms with Crippen LogP contribution in [0.4, 0.5) is 4.39 Å². The quantitative estimate of drug-likeness (QED) is 0.583. The third kappa shape index (κ3) is 6.22. The lowest BCUT2D eigenvalue weighted by molar-refractivity contribution is 0.146. The van der Waals surface area contributed by atoms with Crippen molar-refractivity contribution in [3.63, 3.8) is 0 Å². The van der Waals surface area contributed by atoms with Crippen molar-refractivity contribution in [1.29, 1.82) is 0 Å². The summed E-state index contributed by atoms with van der Waals surface area (Å²) in [5, 5.41) is 3.39. The van der Waals surface area contributed by atoms with E-state index < -0.39 is 0 Å². The van der Waals surface area contributed by atoms with Crippen molar-refractivity contribution in [1.82, 2.24) is 5.32 Å². The van der Waals surface area contributed by atoms with Crippen LogP contribution in [0, 0.1) is 5.82 Å². The molecule has 0 aliphatic rings. The van der Waals surface area contributed by atoms with E-state index in [1.165, 1.54) is 6.07 Å². The molecule has 0 aliphatic heterocycles. The predicted molar refractivity (Wildman–Crippen MR) is 69.3 cm³/mol. The Balaban J connectivity index is 2.11. The van der Waals surface area contributed by atoms with Crippen LogP contribution in [-0.4, -0.2) is 25.6 Å². The number of alkyl halides is 1. The van der Waals surface area contributed by atoms with Crippen molar-refractivity contribution in [2.45, 2.75) is 13.0 Å². The normalized spacial score (nSPS) is 10.8. The van der Waals surface area contributed by atoms with Gasteiger partial charge >= 0.3 is 0 Å². The maximum Gasteiger partial charge on any atom is 0.141 e. The number of rotatable bonds is 8. The minimum atomic E-state index is -0.384.